The van der Waals surface area contributed by atoms with Gasteiger partial charge in [0.05, 0.1) is 10.6 Å². The second-order valence-electron chi connectivity index (χ2n) is 5.67. The molecule has 25 heavy (non-hydrogen) atoms. The number of non-ortho nitro benzene ring substituents is 1. The number of nitrogens with zero attached hydrogens (tertiary/aromatic N) is 3. The van der Waals surface area contributed by atoms with Gasteiger partial charge in [0.2, 0.25) is 0 Å². The molecule has 0 spiro atoms. The fourth-order valence-corrected chi connectivity index (χ4v) is 3.07. The van der Waals surface area contributed by atoms with Gasteiger partial charge in [-0.3, -0.25) is 15.1 Å². The summed E-state index contributed by atoms with van der Waals surface area (Å²) >= 11 is 2.29. The molecular weight excluding hydrogens is 429 g/mol. The Labute approximate surface area is 159 Å². The third-order valence-corrected chi connectivity index (χ3v) is 4.69. The first kappa shape index (κ1) is 17.3. The summed E-state index contributed by atoms with van der Waals surface area (Å²) in [4.78, 5) is 14.7. The third kappa shape index (κ3) is 3.79. The van der Waals surface area contributed by atoms with Gasteiger partial charge in [-0.2, -0.15) is 0 Å². The zero-order chi connectivity index (χ0) is 18.0. The number of nitro benzene ring substituents is 1. The molecule has 126 valence electrons. The summed E-state index contributed by atoms with van der Waals surface area (Å²) in [7, 11) is 0. The Morgan fingerprint density at radius 1 is 1.08 bits per heavy atom. The van der Waals surface area contributed by atoms with Gasteiger partial charge in [0, 0.05) is 44.6 Å². The monoisotopic (exact) mass is 445 g/mol. The molecule has 6 heteroatoms. The molecule has 1 heterocycles. The van der Waals surface area contributed by atoms with Crippen LogP contribution in [0.2, 0.25) is 0 Å². The van der Waals surface area contributed by atoms with Crippen molar-refractivity contribution in [2.24, 2.45) is 4.99 Å². The molecule has 0 fully saturated rings. The molecule has 0 unspecified atom stereocenters. The van der Waals surface area contributed by atoms with Crippen molar-refractivity contribution >= 4 is 40.2 Å². The average molecular weight is 445 g/mol. The molecule has 3 aromatic rings. The lowest BCUT2D eigenvalue weighted by molar-refractivity contribution is -0.384. The van der Waals surface area contributed by atoms with Crippen LogP contribution in [-0.4, -0.2) is 15.7 Å². The molecule has 0 aliphatic carbocycles. The largest absolute Gasteiger partial charge is 0.318 e. The normalized spacial score (nSPS) is 11.2. The molecule has 0 bridgehead atoms. The molecule has 0 radical (unpaired) electrons. The predicted octanol–water partition coefficient (Wildman–Crippen LogP) is 5.36. The molecule has 0 saturated carbocycles. The van der Waals surface area contributed by atoms with Gasteiger partial charge in [-0.15, -0.1) is 0 Å². The zero-order valence-corrected chi connectivity index (χ0v) is 16.0. The first-order valence-electron chi connectivity index (χ1n) is 7.69. The molecule has 0 N–H and O–H groups in total. The second-order valence-corrected chi connectivity index (χ2v) is 6.92. The summed E-state index contributed by atoms with van der Waals surface area (Å²) in [6.07, 6.45) is 1.80. The highest BCUT2D eigenvalue weighted by Gasteiger charge is 2.09. The Balaban J connectivity index is 1.89. The van der Waals surface area contributed by atoms with E-state index in [0.29, 0.717) is 5.69 Å². The number of benzene rings is 2. The molecule has 0 saturated heterocycles. The van der Waals surface area contributed by atoms with Crippen molar-refractivity contribution < 1.29 is 4.92 Å². The van der Waals surface area contributed by atoms with Gasteiger partial charge in [0.25, 0.3) is 5.69 Å². The van der Waals surface area contributed by atoms with Crippen molar-refractivity contribution in [2.45, 2.75) is 13.8 Å². The van der Waals surface area contributed by atoms with Crippen molar-refractivity contribution in [1.29, 1.82) is 0 Å². The standard InChI is InChI=1S/C19H16IN3O2/c1-13-11-15(12-21-17-5-9-19(10-6-17)23(24)25)14(2)22(13)18-7-3-16(20)4-8-18/h3-12H,1-2H3. The number of aromatic nitrogens is 1. The smallest absolute Gasteiger partial charge is 0.269 e. The number of aryl methyl sites for hydroxylation is 1. The third-order valence-electron chi connectivity index (χ3n) is 3.97. The maximum Gasteiger partial charge on any atom is 0.269 e. The van der Waals surface area contributed by atoms with E-state index in [4.69, 9.17) is 0 Å². The van der Waals surface area contributed by atoms with Crippen LogP contribution in [0.1, 0.15) is 17.0 Å². The van der Waals surface area contributed by atoms with Crippen LogP contribution in [0.4, 0.5) is 11.4 Å². The lowest BCUT2D eigenvalue weighted by Gasteiger charge is -2.09. The van der Waals surface area contributed by atoms with Gasteiger partial charge >= 0.3 is 0 Å². The van der Waals surface area contributed by atoms with Crippen LogP contribution in [0, 0.1) is 27.5 Å². The summed E-state index contributed by atoms with van der Waals surface area (Å²) in [5.74, 6) is 0. The summed E-state index contributed by atoms with van der Waals surface area (Å²) in [5, 5.41) is 10.7. The lowest BCUT2D eigenvalue weighted by Crippen LogP contribution is -1.99. The molecule has 1 aromatic heterocycles. The Bertz CT molecular complexity index is 942. The minimum atomic E-state index is -0.415. The number of nitro groups is 1. The van der Waals surface area contributed by atoms with Crippen LogP contribution in [-0.2, 0) is 0 Å². The van der Waals surface area contributed by atoms with Gasteiger partial charge in [-0.05, 0) is 78.9 Å². The zero-order valence-electron chi connectivity index (χ0n) is 13.8. The van der Waals surface area contributed by atoms with Crippen molar-refractivity contribution in [3.63, 3.8) is 0 Å². The first-order chi connectivity index (χ1) is 12.0. The lowest BCUT2D eigenvalue weighted by atomic mass is 10.2. The highest BCUT2D eigenvalue weighted by Crippen LogP contribution is 2.22. The summed E-state index contributed by atoms with van der Waals surface area (Å²) in [6, 6.07) is 16.7. The van der Waals surface area contributed by atoms with Crippen molar-refractivity contribution in [3.05, 3.63) is 85.2 Å². The fourth-order valence-electron chi connectivity index (χ4n) is 2.71. The Hall–Kier alpha value is -2.48. The molecule has 0 aliphatic rings. The van der Waals surface area contributed by atoms with E-state index in [9.17, 15) is 10.1 Å². The minimum absolute atomic E-state index is 0.0656. The van der Waals surface area contributed by atoms with Gasteiger partial charge in [0.15, 0.2) is 0 Å². The van der Waals surface area contributed by atoms with E-state index < -0.39 is 4.92 Å². The highest BCUT2D eigenvalue weighted by atomic mass is 127. The van der Waals surface area contributed by atoms with E-state index in [0.717, 1.165) is 22.6 Å². The Morgan fingerprint density at radius 2 is 1.72 bits per heavy atom. The molecule has 5 nitrogen and oxygen atoms in total. The van der Waals surface area contributed by atoms with E-state index >= 15 is 0 Å². The van der Waals surface area contributed by atoms with Gasteiger partial charge in [-0.1, -0.05) is 0 Å². The minimum Gasteiger partial charge on any atom is -0.318 e. The van der Waals surface area contributed by atoms with Crippen molar-refractivity contribution in [2.75, 3.05) is 0 Å². The van der Waals surface area contributed by atoms with Crippen molar-refractivity contribution in [1.82, 2.24) is 4.57 Å². The summed E-state index contributed by atoms with van der Waals surface area (Å²) in [6.45, 7) is 4.12. The topological polar surface area (TPSA) is 60.4 Å². The van der Waals surface area contributed by atoms with Crippen LogP contribution in [0.3, 0.4) is 0 Å². The molecule has 2 aromatic carbocycles. The van der Waals surface area contributed by atoms with Gasteiger partial charge in [-0.25, -0.2) is 0 Å². The fraction of sp³-hybridized carbons (Fsp3) is 0.105. The van der Waals surface area contributed by atoms with E-state index in [1.165, 1.54) is 15.7 Å². The molecule has 0 atom stereocenters. The number of rotatable bonds is 4. The maximum atomic E-state index is 10.7. The number of hydrogen-bond acceptors (Lipinski definition) is 3. The van der Waals surface area contributed by atoms with E-state index in [2.05, 4.69) is 76.3 Å². The number of aliphatic imine (C=N–C) groups is 1. The molecule has 0 aliphatic heterocycles. The Kier molecular flexibility index (Phi) is 4.98. The van der Waals surface area contributed by atoms with E-state index in [-0.39, 0.29) is 5.69 Å². The number of halogens is 1. The Morgan fingerprint density at radius 3 is 2.32 bits per heavy atom. The van der Waals surface area contributed by atoms with Crippen LogP contribution in [0.25, 0.3) is 5.69 Å². The molecular formula is C19H16IN3O2. The van der Waals surface area contributed by atoms with Crippen LogP contribution in [0.5, 0.6) is 0 Å². The maximum absolute atomic E-state index is 10.7. The quantitative estimate of drug-likeness (QED) is 0.235. The van der Waals surface area contributed by atoms with Crippen LogP contribution in [0.15, 0.2) is 59.6 Å². The van der Waals surface area contributed by atoms with Crippen LogP contribution < -0.4 is 0 Å². The average Bonchev–Trinajstić information content (AvgIpc) is 2.88. The highest BCUT2D eigenvalue weighted by molar-refractivity contribution is 14.1. The summed E-state index contributed by atoms with van der Waals surface area (Å²) < 4.78 is 3.39. The van der Waals surface area contributed by atoms with Crippen LogP contribution >= 0.6 is 22.6 Å². The first-order valence-corrected chi connectivity index (χ1v) is 8.77. The van der Waals surface area contributed by atoms with Gasteiger partial charge < -0.3 is 4.57 Å². The van der Waals surface area contributed by atoms with E-state index in [1.54, 1.807) is 18.3 Å². The van der Waals surface area contributed by atoms with Gasteiger partial charge in [0.1, 0.15) is 0 Å². The second kappa shape index (κ2) is 7.18. The number of hydrogen-bond donors (Lipinski definition) is 0. The van der Waals surface area contributed by atoms with Crippen molar-refractivity contribution in [3.8, 4) is 5.69 Å². The molecule has 0 amide bonds. The summed E-state index contributed by atoms with van der Waals surface area (Å²) in [5.41, 5.74) is 5.12. The van der Waals surface area contributed by atoms with E-state index in [1.807, 2.05) is 0 Å². The predicted molar refractivity (Wildman–Crippen MR) is 108 cm³/mol. The molecule has 3 rings (SSSR count). The SMILES string of the molecule is Cc1cc(C=Nc2ccc([N+](=O)[O-])cc2)c(C)n1-c1ccc(I)cc1.